The predicted molar refractivity (Wildman–Crippen MR) is 87.7 cm³/mol. The fraction of sp³-hybridized carbons (Fsp3) is 0.667. The Hall–Kier alpha value is -0.570. The molecule has 0 radical (unpaired) electrons. The van der Waals surface area contributed by atoms with E-state index in [1.165, 1.54) is 18.4 Å². The maximum Gasteiger partial charge on any atom is 0.0983 e. The molecule has 1 saturated carbocycles. The van der Waals surface area contributed by atoms with Crippen LogP contribution < -0.4 is 5.32 Å². The summed E-state index contributed by atoms with van der Waals surface area (Å²) in [7, 11) is 0. The Morgan fingerprint density at radius 2 is 1.71 bits per heavy atom. The van der Waals surface area contributed by atoms with E-state index in [1.807, 2.05) is 12.1 Å². The molecule has 2 aliphatic rings. The molecule has 3 heteroatoms. The molecule has 116 valence electrons. The molecule has 0 bridgehead atoms. The summed E-state index contributed by atoms with van der Waals surface area (Å²) in [6, 6.07) is 8.44. The first-order chi connectivity index (χ1) is 9.89. The van der Waals surface area contributed by atoms with E-state index in [4.69, 9.17) is 16.3 Å². The van der Waals surface area contributed by atoms with Gasteiger partial charge in [0.05, 0.1) is 11.7 Å². The lowest BCUT2D eigenvalue weighted by molar-refractivity contribution is -0.161. The molecule has 1 spiro atoms. The number of rotatable bonds is 1. The van der Waals surface area contributed by atoms with Gasteiger partial charge in [-0.3, -0.25) is 0 Å². The summed E-state index contributed by atoms with van der Waals surface area (Å²) in [5.74, 6) is 0. The smallest absolute Gasteiger partial charge is 0.0983 e. The number of ether oxygens (including phenoxy) is 1. The van der Waals surface area contributed by atoms with Gasteiger partial charge in [-0.25, -0.2) is 0 Å². The van der Waals surface area contributed by atoms with Crippen molar-refractivity contribution in [3.8, 4) is 0 Å². The summed E-state index contributed by atoms with van der Waals surface area (Å²) >= 11 is 6.00. The van der Waals surface area contributed by atoms with Crippen molar-refractivity contribution in [1.82, 2.24) is 5.32 Å². The standard InChI is InChI=1S/C18H26ClNO/c1-13-16(14-4-6-15(19)7-5-14)21-18(12-20-13)10-8-17(2,3)9-11-18/h4-7,13,16,20H,8-12H2,1-3H3. The molecule has 2 nitrogen and oxygen atoms in total. The van der Waals surface area contributed by atoms with Crippen LogP contribution >= 0.6 is 11.6 Å². The molecule has 1 saturated heterocycles. The molecule has 1 N–H and O–H groups in total. The summed E-state index contributed by atoms with van der Waals surface area (Å²) in [5, 5.41) is 4.46. The molecule has 0 amide bonds. The van der Waals surface area contributed by atoms with E-state index in [0.29, 0.717) is 11.5 Å². The van der Waals surface area contributed by atoms with Gasteiger partial charge in [-0.15, -0.1) is 0 Å². The molecule has 2 fully saturated rings. The lowest BCUT2D eigenvalue weighted by atomic mass is 9.70. The van der Waals surface area contributed by atoms with Crippen LogP contribution in [0.5, 0.6) is 0 Å². The summed E-state index contributed by atoms with van der Waals surface area (Å²) in [4.78, 5) is 0. The highest BCUT2D eigenvalue weighted by molar-refractivity contribution is 6.30. The van der Waals surface area contributed by atoms with E-state index in [2.05, 4.69) is 38.2 Å². The predicted octanol–water partition coefficient (Wildman–Crippen LogP) is 4.73. The van der Waals surface area contributed by atoms with E-state index < -0.39 is 0 Å². The van der Waals surface area contributed by atoms with Crippen molar-refractivity contribution in [3.05, 3.63) is 34.9 Å². The topological polar surface area (TPSA) is 21.3 Å². The van der Waals surface area contributed by atoms with E-state index in [-0.39, 0.29) is 11.7 Å². The van der Waals surface area contributed by atoms with Crippen molar-refractivity contribution < 1.29 is 4.74 Å². The number of hydrogen-bond donors (Lipinski definition) is 1. The molecule has 1 aromatic carbocycles. The second-order valence-electron chi connectivity index (χ2n) is 7.61. The van der Waals surface area contributed by atoms with Crippen LogP contribution in [0.25, 0.3) is 0 Å². The zero-order valence-electron chi connectivity index (χ0n) is 13.3. The van der Waals surface area contributed by atoms with Crippen LogP contribution in [-0.2, 0) is 4.74 Å². The number of benzene rings is 1. The van der Waals surface area contributed by atoms with Crippen LogP contribution in [-0.4, -0.2) is 18.2 Å². The highest BCUT2D eigenvalue weighted by Crippen LogP contribution is 2.45. The van der Waals surface area contributed by atoms with Gasteiger partial charge in [-0.2, -0.15) is 0 Å². The van der Waals surface area contributed by atoms with Gasteiger partial charge in [0.15, 0.2) is 0 Å². The third-order valence-electron chi connectivity index (χ3n) is 5.29. The molecule has 2 unspecified atom stereocenters. The zero-order valence-corrected chi connectivity index (χ0v) is 14.0. The van der Waals surface area contributed by atoms with E-state index in [9.17, 15) is 0 Å². The van der Waals surface area contributed by atoms with Crippen molar-refractivity contribution in [2.45, 2.75) is 64.2 Å². The van der Waals surface area contributed by atoms with E-state index in [1.54, 1.807) is 0 Å². The average molecular weight is 308 g/mol. The second-order valence-corrected chi connectivity index (χ2v) is 8.04. The lowest BCUT2D eigenvalue weighted by Crippen LogP contribution is -2.56. The first kappa shape index (κ1) is 15.3. The molecule has 3 rings (SSSR count). The van der Waals surface area contributed by atoms with Crippen LogP contribution in [0.3, 0.4) is 0 Å². The van der Waals surface area contributed by atoms with Crippen molar-refractivity contribution >= 4 is 11.6 Å². The number of nitrogens with one attached hydrogen (secondary N) is 1. The molecule has 1 aliphatic carbocycles. The molecular weight excluding hydrogens is 282 g/mol. The van der Waals surface area contributed by atoms with Crippen LogP contribution in [0.15, 0.2) is 24.3 Å². The number of halogens is 1. The summed E-state index contributed by atoms with van der Waals surface area (Å²) in [6.07, 6.45) is 4.93. The van der Waals surface area contributed by atoms with Gasteiger partial charge in [-0.05, 0) is 55.7 Å². The first-order valence-corrected chi connectivity index (χ1v) is 8.44. The Morgan fingerprint density at radius 3 is 2.33 bits per heavy atom. The fourth-order valence-electron chi connectivity index (χ4n) is 3.55. The Labute approximate surface area is 133 Å². The van der Waals surface area contributed by atoms with E-state index in [0.717, 1.165) is 24.4 Å². The molecule has 1 aliphatic heterocycles. The summed E-state index contributed by atoms with van der Waals surface area (Å²) < 4.78 is 6.64. The normalized spacial score (nSPS) is 31.2. The second kappa shape index (κ2) is 5.57. The maximum absolute atomic E-state index is 6.64. The SMILES string of the molecule is CC1NCC2(CCC(C)(C)CC2)OC1c1ccc(Cl)cc1. The minimum Gasteiger partial charge on any atom is -0.364 e. The van der Waals surface area contributed by atoms with Gasteiger partial charge >= 0.3 is 0 Å². The fourth-order valence-corrected chi connectivity index (χ4v) is 3.68. The Morgan fingerprint density at radius 1 is 1.10 bits per heavy atom. The largest absolute Gasteiger partial charge is 0.364 e. The van der Waals surface area contributed by atoms with Crippen molar-refractivity contribution in [3.63, 3.8) is 0 Å². The minimum absolute atomic E-state index is 0.0202. The van der Waals surface area contributed by atoms with Gasteiger partial charge in [0.2, 0.25) is 0 Å². The van der Waals surface area contributed by atoms with Crippen molar-refractivity contribution in [2.24, 2.45) is 5.41 Å². The molecule has 1 heterocycles. The Kier molecular flexibility index (Phi) is 4.06. The first-order valence-electron chi connectivity index (χ1n) is 8.06. The Balaban J connectivity index is 1.77. The van der Waals surface area contributed by atoms with Crippen molar-refractivity contribution in [1.29, 1.82) is 0 Å². The van der Waals surface area contributed by atoms with Gasteiger partial charge in [0.25, 0.3) is 0 Å². The van der Waals surface area contributed by atoms with Gasteiger partial charge in [0, 0.05) is 17.6 Å². The summed E-state index contributed by atoms with van der Waals surface area (Å²) in [5.41, 5.74) is 1.71. The average Bonchev–Trinajstić information content (AvgIpc) is 2.46. The van der Waals surface area contributed by atoms with E-state index >= 15 is 0 Å². The quantitative estimate of drug-likeness (QED) is 0.810. The monoisotopic (exact) mass is 307 g/mol. The van der Waals surface area contributed by atoms with Crippen LogP contribution in [0, 0.1) is 5.41 Å². The summed E-state index contributed by atoms with van der Waals surface area (Å²) in [6.45, 7) is 7.93. The van der Waals surface area contributed by atoms with Crippen LogP contribution in [0.1, 0.15) is 58.1 Å². The molecular formula is C18H26ClNO. The van der Waals surface area contributed by atoms with Crippen LogP contribution in [0.4, 0.5) is 0 Å². The number of hydrogen-bond acceptors (Lipinski definition) is 2. The third kappa shape index (κ3) is 3.28. The van der Waals surface area contributed by atoms with Gasteiger partial charge < -0.3 is 10.1 Å². The van der Waals surface area contributed by atoms with Gasteiger partial charge in [-0.1, -0.05) is 37.6 Å². The third-order valence-corrected chi connectivity index (χ3v) is 5.54. The Bertz CT molecular complexity index is 486. The van der Waals surface area contributed by atoms with Crippen LogP contribution in [0.2, 0.25) is 5.02 Å². The maximum atomic E-state index is 6.64. The zero-order chi connectivity index (χ0) is 15.1. The number of morpholine rings is 1. The molecule has 2 atom stereocenters. The highest BCUT2D eigenvalue weighted by Gasteiger charge is 2.44. The lowest BCUT2D eigenvalue weighted by Gasteiger charge is -2.50. The van der Waals surface area contributed by atoms with Crippen molar-refractivity contribution in [2.75, 3.05) is 6.54 Å². The minimum atomic E-state index is 0.0202. The molecule has 1 aromatic rings. The molecule has 0 aromatic heterocycles. The van der Waals surface area contributed by atoms with Gasteiger partial charge in [0.1, 0.15) is 0 Å². The molecule has 21 heavy (non-hydrogen) atoms. The highest BCUT2D eigenvalue weighted by atomic mass is 35.5.